The van der Waals surface area contributed by atoms with Crippen molar-refractivity contribution in [3.8, 4) is 0 Å². The predicted octanol–water partition coefficient (Wildman–Crippen LogP) is -0.606. The van der Waals surface area contributed by atoms with Crippen molar-refractivity contribution in [1.29, 1.82) is 0 Å². The molecule has 1 aromatic rings. The molecule has 15 heavy (non-hydrogen) atoms. The summed E-state index contributed by atoms with van der Waals surface area (Å²) in [4.78, 5) is 6.36. The fourth-order valence-corrected chi connectivity index (χ4v) is 2.96. The van der Waals surface area contributed by atoms with Crippen molar-refractivity contribution in [2.24, 2.45) is 0 Å². The molecule has 2 heterocycles. The van der Waals surface area contributed by atoms with Crippen LogP contribution in [0.5, 0.6) is 0 Å². The zero-order valence-electron chi connectivity index (χ0n) is 8.31. The fraction of sp³-hybridized carbons (Fsp3) is 0.625. The molecule has 1 saturated heterocycles. The smallest absolute Gasteiger partial charge is 0.260 e. The van der Waals surface area contributed by atoms with Crippen LogP contribution in [0.1, 0.15) is 6.42 Å². The molecule has 0 aromatic carbocycles. The summed E-state index contributed by atoms with van der Waals surface area (Å²) in [5.41, 5.74) is 0. The Kier molecular flexibility index (Phi) is 3.03. The van der Waals surface area contributed by atoms with Crippen molar-refractivity contribution in [3.63, 3.8) is 0 Å². The van der Waals surface area contributed by atoms with Gasteiger partial charge in [-0.05, 0) is 13.0 Å². The van der Waals surface area contributed by atoms with E-state index in [1.54, 1.807) is 0 Å². The summed E-state index contributed by atoms with van der Waals surface area (Å²) in [6.45, 7) is 2.65. The van der Waals surface area contributed by atoms with E-state index in [1.807, 2.05) is 0 Å². The average molecular weight is 230 g/mol. The molecule has 84 valence electrons. The molecule has 7 heteroatoms. The van der Waals surface area contributed by atoms with E-state index in [9.17, 15) is 8.42 Å². The minimum Gasteiger partial charge on any atom is -0.335 e. The van der Waals surface area contributed by atoms with Gasteiger partial charge in [-0.1, -0.05) is 0 Å². The normalized spacial score (nSPS) is 20.0. The largest absolute Gasteiger partial charge is 0.335 e. The van der Waals surface area contributed by atoms with Crippen LogP contribution in [-0.4, -0.2) is 48.9 Å². The minimum atomic E-state index is -3.37. The van der Waals surface area contributed by atoms with Crippen LogP contribution in [0.25, 0.3) is 0 Å². The van der Waals surface area contributed by atoms with Gasteiger partial charge in [-0.15, -0.1) is 0 Å². The van der Waals surface area contributed by atoms with Crippen LogP contribution in [0.3, 0.4) is 0 Å². The summed E-state index contributed by atoms with van der Waals surface area (Å²) < 4.78 is 25.5. The summed E-state index contributed by atoms with van der Waals surface area (Å²) >= 11 is 0. The molecule has 0 amide bonds. The SMILES string of the molecule is O=S(=O)(c1cnc[nH]1)N1CCCNCC1. The Balaban J connectivity index is 2.21. The van der Waals surface area contributed by atoms with Crippen LogP contribution in [0, 0.1) is 0 Å². The molecule has 0 radical (unpaired) electrons. The van der Waals surface area contributed by atoms with Crippen LogP contribution >= 0.6 is 0 Å². The Morgan fingerprint density at radius 1 is 1.33 bits per heavy atom. The van der Waals surface area contributed by atoms with Crippen molar-refractivity contribution in [2.75, 3.05) is 26.2 Å². The number of hydrogen-bond acceptors (Lipinski definition) is 4. The number of aromatic nitrogens is 2. The molecule has 1 aromatic heterocycles. The lowest BCUT2D eigenvalue weighted by molar-refractivity contribution is 0.430. The number of rotatable bonds is 2. The van der Waals surface area contributed by atoms with Gasteiger partial charge in [0.05, 0.1) is 12.5 Å². The highest BCUT2D eigenvalue weighted by atomic mass is 32.2. The van der Waals surface area contributed by atoms with Gasteiger partial charge in [-0.25, -0.2) is 13.4 Å². The summed E-state index contributed by atoms with van der Waals surface area (Å²) in [7, 11) is -3.37. The third kappa shape index (κ3) is 2.19. The first-order valence-corrected chi connectivity index (χ1v) is 6.34. The lowest BCUT2D eigenvalue weighted by Gasteiger charge is -2.17. The molecule has 0 atom stereocenters. The van der Waals surface area contributed by atoms with Crippen molar-refractivity contribution in [2.45, 2.75) is 11.4 Å². The van der Waals surface area contributed by atoms with Gasteiger partial charge in [-0.3, -0.25) is 0 Å². The molecule has 1 aliphatic heterocycles. The van der Waals surface area contributed by atoms with Crippen molar-refractivity contribution >= 4 is 10.0 Å². The van der Waals surface area contributed by atoms with E-state index in [4.69, 9.17) is 0 Å². The van der Waals surface area contributed by atoms with Crippen molar-refractivity contribution in [1.82, 2.24) is 19.6 Å². The zero-order valence-corrected chi connectivity index (χ0v) is 9.13. The Bertz CT molecular complexity index is 392. The van der Waals surface area contributed by atoms with Crippen molar-refractivity contribution < 1.29 is 8.42 Å². The van der Waals surface area contributed by atoms with E-state index < -0.39 is 10.0 Å². The van der Waals surface area contributed by atoms with Crippen LogP contribution < -0.4 is 5.32 Å². The molecule has 0 aliphatic carbocycles. The van der Waals surface area contributed by atoms with Gasteiger partial charge in [0.1, 0.15) is 0 Å². The third-order valence-electron chi connectivity index (χ3n) is 2.39. The number of hydrogen-bond donors (Lipinski definition) is 2. The Hall–Kier alpha value is -0.920. The Morgan fingerprint density at radius 3 is 2.93 bits per heavy atom. The second-order valence-corrected chi connectivity index (χ2v) is 5.33. The molecule has 0 saturated carbocycles. The van der Waals surface area contributed by atoms with Crippen LogP contribution in [0.4, 0.5) is 0 Å². The number of sulfonamides is 1. The maximum atomic E-state index is 12.0. The van der Waals surface area contributed by atoms with E-state index in [-0.39, 0.29) is 5.03 Å². The second kappa shape index (κ2) is 4.30. The zero-order chi connectivity index (χ0) is 10.7. The summed E-state index contributed by atoms with van der Waals surface area (Å²) in [6, 6.07) is 0. The van der Waals surface area contributed by atoms with Gasteiger partial charge in [0.25, 0.3) is 10.0 Å². The van der Waals surface area contributed by atoms with E-state index in [0.717, 1.165) is 13.0 Å². The number of aromatic amines is 1. The third-order valence-corrected chi connectivity index (χ3v) is 4.21. The van der Waals surface area contributed by atoms with Crippen LogP contribution in [0.15, 0.2) is 17.6 Å². The first-order valence-electron chi connectivity index (χ1n) is 4.90. The monoisotopic (exact) mass is 230 g/mol. The van der Waals surface area contributed by atoms with E-state index in [2.05, 4.69) is 15.3 Å². The maximum Gasteiger partial charge on any atom is 0.260 e. The number of nitrogens with one attached hydrogen (secondary N) is 2. The molecular weight excluding hydrogens is 216 g/mol. The first kappa shape index (κ1) is 10.6. The maximum absolute atomic E-state index is 12.0. The number of imidazole rings is 1. The molecule has 2 rings (SSSR count). The van der Waals surface area contributed by atoms with Gasteiger partial charge < -0.3 is 10.3 Å². The molecule has 1 fully saturated rings. The van der Waals surface area contributed by atoms with E-state index in [0.29, 0.717) is 19.6 Å². The molecule has 0 bridgehead atoms. The van der Waals surface area contributed by atoms with Gasteiger partial charge in [0.15, 0.2) is 5.03 Å². The van der Waals surface area contributed by atoms with Gasteiger partial charge in [-0.2, -0.15) is 4.31 Å². The van der Waals surface area contributed by atoms with Gasteiger partial charge in [0.2, 0.25) is 0 Å². The molecule has 1 aliphatic rings. The van der Waals surface area contributed by atoms with E-state index in [1.165, 1.54) is 16.8 Å². The fourth-order valence-electron chi connectivity index (χ4n) is 1.58. The van der Waals surface area contributed by atoms with Crippen LogP contribution in [0.2, 0.25) is 0 Å². The van der Waals surface area contributed by atoms with Gasteiger partial charge >= 0.3 is 0 Å². The van der Waals surface area contributed by atoms with Crippen LogP contribution in [-0.2, 0) is 10.0 Å². The topological polar surface area (TPSA) is 78.1 Å². The van der Waals surface area contributed by atoms with Crippen molar-refractivity contribution in [3.05, 3.63) is 12.5 Å². The number of nitrogens with zero attached hydrogens (tertiary/aromatic N) is 2. The Morgan fingerprint density at radius 2 is 2.20 bits per heavy atom. The lowest BCUT2D eigenvalue weighted by Crippen LogP contribution is -2.34. The average Bonchev–Trinajstić information content (AvgIpc) is 2.61. The van der Waals surface area contributed by atoms with E-state index >= 15 is 0 Å². The second-order valence-electron chi connectivity index (χ2n) is 3.42. The standard InChI is InChI=1S/C8H14N4O2S/c13-15(14,8-6-10-7-11-8)12-4-1-2-9-3-5-12/h6-7,9H,1-5H2,(H,10,11). The highest BCUT2D eigenvalue weighted by molar-refractivity contribution is 7.89. The minimum absolute atomic E-state index is 0.171. The highest BCUT2D eigenvalue weighted by Gasteiger charge is 2.25. The number of H-pyrrole nitrogens is 1. The lowest BCUT2D eigenvalue weighted by atomic mass is 10.4. The first-order chi connectivity index (χ1) is 7.21. The molecule has 6 nitrogen and oxygen atoms in total. The highest BCUT2D eigenvalue weighted by Crippen LogP contribution is 2.12. The molecule has 0 spiro atoms. The quantitative estimate of drug-likeness (QED) is 0.710. The molecule has 2 N–H and O–H groups in total. The predicted molar refractivity (Wildman–Crippen MR) is 54.8 cm³/mol. The molecule has 0 unspecified atom stereocenters. The Labute approximate surface area is 88.7 Å². The summed E-state index contributed by atoms with van der Waals surface area (Å²) in [6.07, 6.45) is 3.56. The summed E-state index contributed by atoms with van der Waals surface area (Å²) in [5.74, 6) is 0. The summed E-state index contributed by atoms with van der Waals surface area (Å²) in [5, 5.41) is 3.33. The molecular formula is C8H14N4O2S. The van der Waals surface area contributed by atoms with Gasteiger partial charge in [0, 0.05) is 19.6 Å².